The predicted octanol–water partition coefficient (Wildman–Crippen LogP) is 3.26. The van der Waals surface area contributed by atoms with Crippen molar-refractivity contribution in [3.8, 4) is 0 Å². The Balaban J connectivity index is 1.37. The van der Waals surface area contributed by atoms with Gasteiger partial charge < -0.3 is 10.1 Å². The Labute approximate surface area is 105 Å². The van der Waals surface area contributed by atoms with Crippen LogP contribution in [0.2, 0.25) is 0 Å². The first kappa shape index (κ1) is 12.0. The zero-order valence-corrected chi connectivity index (χ0v) is 11.2. The average Bonchev–Trinajstić information content (AvgIpc) is 2.78. The van der Waals surface area contributed by atoms with Crippen molar-refractivity contribution in [2.24, 2.45) is 5.92 Å². The van der Waals surface area contributed by atoms with Crippen LogP contribution >= 0.6 is 0 Å². The third kappa shape index (κ3) is 2.68. The molecule has 1 heterocycles. The van der Waals surface area contributed by atoms with Crippen molar-refractivity contribution < 1.29 is 4.74 Å². The van der Waals surface area contributed by atoms with Crippen molar-refractivity contribution in [3.05, 3.63) is 0 Å². The van der Waals surface area contributed by atoms with E-state index in [1.807, 2.05) is 0 Å². The Bertz CT molecular complexity index is 260. The summed E-state index contributed by atoms with van der Waals surface area (Å²) in [5, 5.41) is 3.71. The van der Waals surface area contributed by atoms with Gasteiger partial charge >= 0.3 is 0 Å². The summed E-state index contributed by atoms with van der Waals surface area (Å²) >= 11 is 0. The quantitative estimate of drug-likeness (QED) is 0.792. The van der Waals surface area contributed by atoms with Gasteiger partial charge in [0, 0.05) is 12.6 Å². The van der Waals surface area contributed by atoms with E-state index in [4.69, 9.17) is 4.74 Å². The van der Waals surface area contributed by atoms with E-state index in [1.54, 1.807) is 0 Å². The number of rotatable bonds is 5. The van der Waals surface area contributed by atoms with E-state index in [0.717, 1.165) is 18.5 Å². The molecule has 1 saturated heterocycles. The Morgan fingerprint density at radius 3 is 2.82 bits per heavy atom. The molecule has 0 bridgehead atoms. The molecule has 2 nitrogen and oxygen atoms in total. The molecule has 1 N–H and O–H groups in total. The Morgan fingerprint density at radius 2 is 2.06 bits per heavy atom. The molecule has 98 valence electrons. The van der Waals surface area contributed by atoms with Gasteiger partial charge in [0.05, 0.1) is 11.7 Å². The molecule has 17 heavy (non-hydrogen) atoms. The standard InChI is InChI=1S/C15H27NO/c1-2-5-12-10-14(12)16-11-13-6-9-15(17-13)7-3-4-8-15/h12-14,16H,2-11H2,1H3. The summed E-state index contributed by atoms with van der Waals surface area (Å²) in [6.07, 6.45) is 12.7. The minimum atomic E-state index is 0.318. The van der Waals surface area contributed by atoms with Gasteiger partial charge in [-0.25, -0.2) is 0 Å². The third-order valence-electron chi connectivity index (χ3n) is 5.04. The van der Waals surface area contributed by atoms with Crippen molar-refractivity contribution in [2.75, 3.05) is 6.54 Å². The fourth-order valence-electron chi connectivity index (χ4n) is 3.90. The predicted molar refractivity (Wildman–Crippen MR) is 70.1 cm³/mol. The SMILES string of the molecule is CCCC1CC1NCC1CCC2(CCCC2)O1. The Kier molecular flexibility index (Phi) is 3.45. The Morgan fingerprint density at radius 1 is 1.24 bits per heavy atom. The monoisotopic (exact) mass is 237 g/mol. The highest BCUT2D eigenvalue weighted by molar-refractivity contribution is 4.96. The van der Waals surface area contributed by atoms with E-state index >= 15 is 0 Å². The van der Waals surface area contributed by atoms with Crippen LogP contribution in [0.25, 0.3) is 0 Å². The normalized spacial score (nSPS) is 39.0. The second-order valence-corrected chi connectivity index (χ2v) is 6.47. The largest absolute Gasteiger partial charge is 0.370 e. The van der Waals surface area contributed by atoms with Gasteiger partial charge in [-0.1, -0.05) is 26.2 Å². The molecule has 1 spiro atoms. The maximum Gasteiger partial charge on any atom is 0.0708 e. The molecule has 2 saturated carbocycles. The first-order valence-corrected chi connectivity index (χ1v) is 7.72. The van der Waals surface area contributed by atoms with Crippen LogP contribution in [-0.2, 0) is 4.74 Å². The molecule has 3 fully saturated rings. The van der Waals surface area contributed by atoms with E-state index in [9.17, 15) is 0 Å². The molecule has 2 heteroatoms. The molecule has 0 radical (unpaired) electrons. The van der Waals surface area contributed by atoms with E-state index in [2.05, 4.69) is 12.2 Å². The van der Waals surface area contributed by atoms with Crippen LogP contribution in [-0.4, -0.2) is 24.3 Å². The van der Waals surface area contributed by atoms with Crippen LogP contribution in [0.15, 0.2) is 0 Å². The number of hydrogen-bond acceptors (Lipinski definition) is 2. The lowest BCUT2D eigenvalue weighted by Crippen LogP contribution is -2.32. The van der Waals surface area contributed by atoms with Crippen molar-refractivity contribution in [2.45, 2.75) is 82.5 Å². The van der Waals surface area contributed by atoms with Gasteiger partial charge in [-0.05, 0) is 44.4 Å². The van der Waals surface area contributed by atoms with Gasteiger partial charge in [0.2, 0.25) is 0 Å². The molecule has 0 aromatic heterocycles. The second kappa shape index (κ2) is 4.89. The molecule has 3 rings (SSSR count). The van der Waals surface area contributed by atoms with Crippen molar-refractivity contribution >= 4 is 0 Å². The summed E-state index contributed by atoms with van der Waals surface area (Å²) in [6.45, 7) is 3.39. The maximum absolute atomic E-state index is 6.32. The van der Waals surface area contributed by atoms with Crippen LogP contribution in [0.5, 0.6) is 0 Å². The van der Waals surface area contributed by atoms with E-state index < -0.39 is 0 Å². The van der Waals surface area contributed by atoms with Gasteiger partial charge in [0.15, 0.2) is 0 Å². The first-order chi connectivity index (χ1) is 8.31. The zero-order chi connectivity index (χ0) is 11.7. The van der Waals surface area contributed by atoms with Gasteiger partial charge in [-0.3, -0.25) is 0 Å². The molecule has 0 aromatic carbocycles. The lowest BCUT2D eigenvalue weighted by Gasteiger charge is -2.24. The van der Waals surface area contributed by atoms with Gasteiger partial charge in [0.1, 0.15) is 0 Å². The van der Waals surface area contributed by atoms with Crippen molar-refractivity contribution in [1.29, 1.82) is 0 Å². The van der Waals surface area contributed by atoms with Crippen LogP contribution in [0.4, 0.5) is 0 Å². The van der Waals surface area contributed by atoms with Gasteiger partial charge in [-0.15, -0.1) is 0 Å². The van der Waals surface area contributed by atoms with Gasteiger partial charge in [-0.2, -0.15) is 0 Å². The minimum Gasteiger partial charge on any atom is -0.370 e. The number of hydrogen-bond donors (Lipinski definition) is 1. The summed E-state index contributed by atoms with van der Waals surface area (Å²) in [5.41, 5.74) is 0.318. The molecule has 0 amide bonds. The molecular weight excluding hydrogens is 210 g/mol. The smallest absolute Gasteiger partial charge is 0.0708 e. The number of nitrogens with one attached hydrogen (secondary N) is 1. The van der Waals surface area contributed by atoms with Gasteiger partial charge in [0.25, 0.3) is 0 Å². The maximum atomic E-state index is 6.32. The van der Waals surface area contributed by atoms with E-state index in [1.165, 1.54) is 57.8 Å². The van der Waals surface area contributed by atoms with E-state index in [-0.39, 0.29) is 0 Å². The summed E-state index contributed by atoms with van der Waals surface area (Å²) in [5.74, 6) is 0.974. The van der Waals surface area contributed by atoms with Crippen molar-refractivity contribution in [3.63, 3.8) is 0 Å². The van der Waals surface area contributed by atoms with E-state index in [0.29, 0.717) is 11.7 Å². The molecular formula is C15H27NO. The highest BCUT2D eigenvalue weighted by Crippen LogP contribution is 2.43. The highest BCUT2D eigenvalue weighted by Gasteiger charge is 2.43. The number of ether oxygens (including phenoxy) is 1. The first-order valence-electron chi connectivity index (χ1n) is 7.72. The molecule has 3 aliphatic rings. The summed E-state index contributed by atoms with van der Waals surface area (Å²) < 4.78 is 6.32. The fraction of sp³-hybridized carbons (Fsp3) is 1.00. The lowest BCUT2D eigenvalue weighted by molar-refractivity contribution is -0.0352. The molecule has 1 aliphatic heterocycles. The van der Waals surface area contributed by atoms with Crippen LogP contribution in [0.3, 0.4) is 0 Å². The summed E-state index contributed by atoms with van der Waals surface area (Å²) in [7, 11) is 0. The molecule has 3 atom stereocenters. The lowest BCUT2D eigenvalue weighted by atomic mass is 9.98. The summed E-state index contributed by atoms with van der Waals surface area (Å²) in [4.78, 5) is 0. The topological polar surface area (TPSA) is 21.3 Å². The average molecular weight is 237 g/mol. The Hall–Kier alpha value is -0.0800. The molecule has 3 unspecified atom stereocenters. The minimum absolute atomic E-state index is 0.318. The fourth-order valence-corrected chi connectivity index (χ4v) is 3.90. The summed E-state index contributed by atoms with van der Waals surface area (Å²) in [6, 6.07) is 0.818. The second-order valence-electron chi connectivity index (χ2n) is 6.47. The van der Waals surface area contributed by atoms with Crippen LogP contribution in [0, 0.1) is 5.92 Å². The van der Waals surface area contributed by atoms with Crippen LogP contribution < -0.4 is 5.32 Å². The zero-order valence-electron chi connectivity index (χ0n) is 11.2. The highest BCUT2D eigenvalue weighted by atomic mass is 16.5. The third-order valence-corrected chi connectivity index (χ3v) is 5.04. The van der Waals surface area contributed by atoms with Crippen LogP contribution in [0.1, 0.15) is 64.7 Å². The molecule has 0 aromatic rings. The van der Waals surface area contributed by atoms with Crippen molar-refractivity contribution in [1.82, 2.24) is 5.32 Å². The molecule has 2 aliphatic carbocycles.